The van der Waals surface area contributed by atoms with Gasteiger partial charge in [-0.3, -0.25) is 9.59 Å². The van der Waals surface area contributed by atoms with E-state index in [0.29, 0.717) is 39.0 Å². The van der Waals surface area contributed by atoms with Crippen LogP contribution in [0.2, 0.25) is 0 Å². The first kappa shape index (κ1) is 14.6. The number of likely N-dealkylation sites (tertiary alicyclic amines) is 1. The van der Waals surface area contributed by atoms with E-state index in [9.17, 15) is 9.59 Å². The average Bonchev–Trinajstić information content (AvgIpc) is 2.42. The lowest BCUT2D eigenvalue weighted by Crippen LogP contribution is -2.39. The molecule has 4 heteroatoms. The Kier molecular flexibility index (Phi) is 4.77. The quantitative estimate of drug-likeness (QED) is 0.845. The number of nitrogens with zero attached hydrogens (tertiary/aromatic N) is 1. The van der Waals surface area contributed by atoms with Crippen molar-refractivity contribution in [1.29, 1.82) is 0 Å². The summed E-state index contributed by atoms with van der Waals surface area (Å²) in [6, 6.07) is 5.85. The Hall–Kier alpha value is -1.84. The van der Waals surface area contributed by atoms with E-state index in [4.69, 9.17) is 4.74 Å². The van der Waals surface area contributed by atoms with Gasteiger partial charge in [-0.1, -0.05) is 12.1 Å². The molecule has 0 unspecified atom stereocenters. The van der Waals surface area contributed by atoms with Gasteiger partial charge in [-0.15, -0.1) is 0 Å². The van der Waals surface area contributed by atoms with Crippen molar-refractivity contribution in [3.8, 4) is 5.75 Å². The van der Waals surface area contributed by atoms with Crippen LogP contribution in [0.25, 0.3) is 0 Å². The summed E-state index contributed by atoms with van der Waals surface area (Å²) in [4.78, 5) is 25.1. The normalized spacial score (nSPS) is 15.3. The highest BCUT2D eigenvalue weighted by Crippen LogP contribution is 2.20. The Morgan fingerprint density at radius 3 is 2.60 bits per heavy atom. The van der Waals surface area contributed by atoms with Crippen molar-refractivity contribution in [3.05, 3.63) is 29.3 Å². The number of Topliss-reactive ketones (excluding diaryl/α,β-unsaturated/α-hetero) is 1. The average molecular weight is 275 g/mol. The number of amides is 1. The zero-order valence-electron chi connectivity index (χ0n) is 12.1. The number of benzene rings is 1. The van der Waals surface area contributed by atoms with Crippen LogP contribution < -0.4 is 4.74 Å². The predicted octanol–water partition coefficient (Wildman–Crippen LogP) is 2.13. The number of carbonyl (C=O) groups excluding carboxylic acids is 2. The van der Waals surface area contributed by atoms with Crippen LogP contribution in [0.1, 0.15) is 30.9 Å². The second-order valence-corrected chi connectivity index (χ2v) is 5.13. The third-order valence-corrected chi connectivity index (χ3v) is 3.57. The molecule has 0 saturated carbocycles. The van der Waals surface area contributed by atoms with Crippen molar-refractivity contribution in [2.24, 2.45) is 0 Å². The van der Waals surface area contributed by atoms with Gasteiger partial charge in [-0.05, 0) is 31.0 Å². The molecule has 20 heavy (non-hydrogen) atoms. The number of ether oxygens (including phenoxy) is 1. The molecular weight excluding hydrogens is 254 g/mol. The molecule has 0 aliphatic carbocycles. The molecule has 0 spiro atoms. The van der Waals surface area contributed by atoms with Crippen LogP contribution >= 0.6 is 0 Å². The number of hydrogen-bond donors (Lipinski definition) is 0. The minimum absolute atomic E-state index is 0.0982. The van der Waals surface area contributed by atoms with Gasteiger partial charge in [0.2, 0.25) is 5.91 Å². The molecule has 108 valence electrons. The lowest BCUT2D eigenvalue weighted by molar-refractivity contribution is -0.133. The standard InChI is InChI=1S/C16H21NO3/c1-3-20-15-5-4-13(10-12(15)2)11-16(19)17-8-6-14(18)7-9-17/h4-5,10H,3,6-9,11H2,1-2H3. The molecule has 4 nitrogen and oxygen atoms in total. The zero-order valence-corrected chi connectivity index (χ0v) is 12.1. The molecule has 1 amide bonds. The van der Waals surface area contributed by atoms with Crippen molar-refractivity contribution in [1.82, 2.24) is 4.90 Å². The fourth-order valence-corrected chi connectivity index (χ4v) is 2.43. The van der Waals surface area contributed by atoms with Crippen LogP contribution in [-0.4, -0.2) is 36.3 Å². The lowest BCUT2D eigenvalue weighted by atomic mass is 10.1. The van der Waals surface area contributed by atoms with E-state index < -0.39 is 0 Å². The molecule has 1 saturated heterocycles. The van der Waals surface area contributed by atoms with Gasteiger partial charge in [0.25, 0.3) is 0 Å². The number of piperidine rings is 1. The molecule has 1 aromatic rings. The molecule has 2 rings (SSSR count). The van der Waals surface area contributed by atoms with E-state index in [-0.39, 0.29) is 11.7 Å². The van der Waals surface area contributed by atoms with E-state index in [1.54, 1.807) is 4.90 Å². The molecule has 1 heterocycles. The molecule has 1 aliphatic rings. The van der Waals surface area contributed by atoms with Gasteiger partial charge in [0.05, 0.1) is 13.0 Å². The largest absolute Gasteiger partial charge is 0.494 e. The first-order chi connectivity index (χ1) is 9.60. The summed E-state index contributed by atoms with van der Waals surface area (Å²) in [5.74, 6) is 1.22. The van der Waals surface area contributed by atoms with Gasteiger partial charge in [-0.2, -0.15) is 0 Å². The van der Waals surface area contributed by atoms with Crippen LogP contribution in [0.4, 0.5) is 0 Å². The van der Waals surface area contributed by atoms with E-state index in [1.807, 2.05) is 32.0 Å². The van der Waals surface area contributed by atoms with Crippen LogP contribution in [-0.2, 0) is 16.0 Å². The van der Waals surface area contributed by atoms with E-state index in [2.05, 4.69) is 0 Å². The number of rotatable bonds is 4. The maximum atomic E-state index is 12.2. The number of carbonyl (C=O) groups is 2. The van der Waals surface area contributed by atoms with Crippen molar-refractivity contribution < 1.29 is 14.3 Å². The Morgan fingerprint density at radius 1 is 1.30 bits per heavy atom. The monoisotopic (exact) mass is 275 g/mol. The minimum Gasteiger partial charge on any atom is -0.494 e. The van der Waals surface area contributed by atoms with E-state index in [0.717, 1.165) is 16.9 Å². The Morgan fingerprint density at radius 2 is 2.00 bits per heavy atom. The fraction of sp³-hybridized carbons (Fsp3) is 0.500. The van der Waals surface area contributed by atoms with Gasteiger partial charge in [-0.25, -0.2) is 0 Å². The molecule has 0 N–H and O–H groups in total. The van der Waals surface area contributed by atoms with E-state index >= 15 is 0 Å². The Labute approximate surface area is 119 Å². The molecule has 0 bridgehead atoms. The highest BCUT2D eigenvalue weighted by Gasteiger charge is 2.20. The Balaban J connectivity index is 1.97. The maximum absolute atomic E-state index is 12.2. The van der Waals surface area contributed by atoms with Crippen molar-refractivity contribution in [2.75, 3.05) is 19.7 Å². The highest BCUT2D eigenvalue weighted by atomic mass is 16.5. The summed E-state index contributed by atoms with van der Waals surface area (Å²) >= 11 is 0. The van der Waals surface area contributed by atoms with Gasteiger partial charge in [0, 0.05) is 25.9 Å². The molecule has 0 radical (unpaired) electrons. The number of aryl methyl sites for hydroxylation is 1. The molecule has 1 aromatic carbocycles. The minimum atomic E-state index is 0.0982. The van der Waals surface area contributed by atoms with Crippen LogP contribution in [0.15, 0.2) is 18.2 Å². The first-order valence-electron chi connectivity index (χ1n) is 7.12. The number of ketones is 1. The third-order valence-electron chi connectivity index (χ3n) is 3.57. The lowest BCUT2D eigenvalue weighted by Gasteiger charge is -2.26. The first-order valence-corrected chi connectivity index (χ1v) is 7.12. The highest BCUT2D eigenvalue weighted by molar-refractivity contribution is 5.84. The SMILES string of the molecule is CCOc1ccc(CC(=O)N2CCC(=O)CC2)cc1C. The van der Waals surface area contributed by atoms with Crippen LogP contribution in [0.5, 0.6) is 5.75 Å². The summed E-state index contributed by atoms with van der Waals surface area (Å²) in [6.45, 7) is 5.70. The van der Waals surface area contributed by atoms with Crippen LogP contribution in [0, 0.1) is 6.92 Å². The molecule has 1 fully saturated rings. The van der Waals surface area contributed by atoms with Crippen molar-refractivity contribution in [2.45, 2.75) is 33.1 Å². The van der Waals surface area contributed by atoms with Crippen LogP contribution in [0.3, 0.4) is 0 Å². The summed E-state index contributed by atoms with van der Waals surface area (Å²) in [6.07, 6.45) is 1.38. The molecular formula is C16H21NO3. The van der Waals surface area contributed by atoms with Crippen molar-refractivity contribution in [3.63, 3.8) is 0 Å². The fourth-order valence-electron chi connectivity index (χ4n) is 2.43. The predicted molar refractivity (Wildman–Crippen MR) is 76.9 cm³/mol. The second kappa shape index (κ2) is 6.55. The molecule has 1 aliphatic heterocycles. The van der Waals surface area contributed by atoms with Crippen molar-refractivity contribution >= 4 is 11.7 Å². The summed E-state index contributed by atoms with van der Waals surface area (Å²) in [5.41, 5.74) is 2.04. The molecule has 0 aromatic heterocycles. The number of hydrogen-bond acceptors (Lipinski definition) is 3. The van der Waals surface area contributed by atoms with E-state index in [1.165, 1.54) is 0 Å². The topological polar surface area (TPSA) is 46.6 Å². The van der Waals surface area contributed by atoms with Gasteiger partial charge in [0.15, 0.2) is 0 Å². The maximum Gasteiger partial charge on any atom is 0.227 e. The summed E-state index contributed by atoms with van der Waals surface area (Å²) < 4.78 is 5.49. The Bertz CT molecular complexity index is 500. The molecule has 0 atom stereocenters. The van der Waals surface area contributed by atoms with Gasteiger partial charge >= 0.3 is 0 Å². The smallest absolute Gasteiger partial charge is 0.227 e. The summed E-state index contributed by atoms with van der Waals surface area (Å²) in [7, 11) is 0. The third kappa shape index (κ3) is 3.59. The van der Waals surface area contributed by atoms with Gasteiger partial charge < -0.3 is 9.64 Å². The van der Waals surface area contributed by atoms with Gasteiger partial charge in [0.1, 0.15) is 11.5 Å². The second-order valence-electron chi connectivity index (χ2n) is 5.13. The summed E-state index contributed by atoms with van der Waals surface area (Å²) in [5, 5.41) is 0. The zero-order chi connectivity index (χ0) is 14.5.